The zero-order chi connectivity index (χ0) is 30.5. The van der Waals surface area contributed by atoms with Crippen LogP contribution < -0.4 is 5.32 Å². The first-order valence-corrected chi connectivity index (χ1v) is 16.2. The number of aliphatic hydroxyl groups excluding tert-OH is 1. The SMILES string of the molecule is C/C=C/c1cccc(-c2ccc(SN(C)CC(O)CNC(C)(C)CC3Cc4ccccc4C3)cc2)c1.CCC=C(C)C. The lowest BCUT2D eigenvalue weighted by Gasteiger charge is -2.31. The van der Waals surface area contributed by atoms with Gasteiger partial charge in [-0.2, -0.15) is 0 Å². The van der Waals surface area contributed by atoms with Gasteiger partial charge in [-0.3, -0.25) is 0 Å². The van der Waals surface area contributed by atoms with Crippen molar-refractivity contribution in [2.45, 2.75) is 83.8 Å². The highest BCUT2D eigenvalue weighted by atomic mass is 32.2. The molecule has 4 heteroatoms. The van der Waals surface area contributed by atoms with E-state index in [1.54, 1.807) is 11.9 Å². The molecular formula is C38H52N2OS. The summed E-state index contributed by atoms with van der Waals surface area (Å²) in [6.07, 6.45) is 10.6. The number of nitrogens with one attached hydrogen (secondary N) is 1. The van der Waals surface area contributed by atoms with Gasteiger partial charge in [0.05, 0.1) is 6.10 Å². The van der Waals surface area contributed by atoms with Gasteiger partial charge in [-0.15, -0.1) is 0 Å². The van der Waals surface area contributed by atoms with Gasteiger partial charge in [-0.1, -0.05) is 85.3 Å². The second-order valence-corrected chi connectivity index (χ2v) is 13.7. The highest BCUT2D eigenvalue weighted by Gasteiger charge is 2.28. The van der Waals surface area contributed by atoms with Crippen LogP contribution in [0, 0.1) is 5.92 Å². The van der Waals surface area contributed by atoms with Gasteiger partial charge in [0.25, 0.3) is 0 Å². The Kier molecular flexibility index (Phi) is 13.6. The summed E-state index contributed by atoms with van der Waals surface area (Å²) in [6.45, 7) is 14.1. The van der Waals surface area contributed by atoms with E-state index < -0.39 is 6.10 Å². The molecule has 2 N–H and O–H groups in total. The van der Waals surface area contributed by atoms with Crippen LogP contribution in [0.5, 0.6) is 0 Å². The number of nitrogens with zero attached hydrogens (tertiary/aromatic N) is 1. The van der Waals surface area contributed by atoms with Crippen molar-refractivity contribution in [3.8, 4) is 11.1 Å². The molecule has 1 aliphatic rings. The van der Waals surface area contributed by atoms with Crippen LogP contribution in [-0.4, -0.2) is 41.2 Å². The molecule has 0 saturated carbocycles. The Morgan fingerprint density at radius 3 is 2.24 bits per heavy atom. The van der Waals surface area contributed by atoms with E-state index in [9.17, 15) is 5.11 Å². The van der Waals surface area contributed by atoms with Crippen molar-refractivity contribution in [2.24, 2.45) is 5.92 Å². The molecule has 226 valence electrons. The molecule has 1 atom stereocenters. The second-order valence-electron chi connectivity index (χ2n) is 12.4. The molecule has 3 aromatic rings. The molecule has 3 nitrogen and oxygen atoms in total. The third kappa shape index (κ3) is 11.6. The Morgan fingerprint density at radius 1 is 1.00 bits per heavy atom. The van der Waals surface area contributed by atoms with Crippen molar-refractivity contribution in [3.05, 3.63) is 107 Å². The minimum atomic E-state index is -0.420. The number of allylic oxidation sites excluding steroid dienone is 3. The number of β-amino-alcohol motifs (C(OH)–C–C–N with tert-alkyl or cyclic N) is 1. The van der Waals surface area contributed by atoms with E-state index >= 15 is 0 Å². The Bertz CT molecular complexity index is 1270. The lowest BCUT2D eigenvalue weighted by Crippen LogP contribution is -2.46. The van der Waals surface area contributed by atoms with Crippen LogP contribution in [0.3, 0.4) is 0 Å². The molecule has 1 aliphatic carbocycles. The van der Waals surface area contributed by atoms with E-state index in [4.69, 9.17) is 0 Å². The quantitative estimate of drug-likeness (QED) is 0.164. The predicted molar refractivity (Wildman–Crippen MR) is 185 cm³/mol. The van der Waals surface area contributed by atoms with E-state index in [0.717, 1.165) is 6.42 Å². The summed E-state index contributed by atoms with van der Waals surface area (Å²) in [5.74, 6) is 0.675. The van der Waals surface area contributed by atoms with E-state index in [0.29, 0.717) is 19.0 Å². The zero-order valence-corrected chi connectivity index (χ0v) is 27.7. The fourth-order valence-corrected chi connectivity index (χ4v) is 6.56. The number of hydrogen-bond acceptors (Lipinski definition) is 4. The molecule has 3 aromatic carbocycles. The Hall–Kier alpha value is -2.63. The topological polar surface area (TPSA) is 35.5 Å². The maximum absolute atomic E-state index is 10.7. The molecule has 1 unspecified atom stereocenters. The zero-order valence-electron chi connectivity index (χ0n) is 26.9. The van der Waals surface area contributed by atoms with Crippen LogP contribution in [0.2, 0.25) is 0 Å². The first kappa shape index (κ1) is 33.9. The summed E-state index contributed by atoms with van der Waals surface area (Å²) in [4.78, 5) is 1.17. The van der Waals surface area contributed by atoms with Gasteiger partial charge < -0.3 is 10.4 Å². The van der Waals surface area contributed by atoms with Gasteiger partial charge >= 0.3 is 0 Å². The van der Waals surface area contributed by atoms with Crippen molar-refractivity contribution >= 4 is 18.0 Å². The highest BCUT2D eigenvalue weighted by molar-refractivity contribution is 7.97. The lowest BCUT2D eigenvalue weighted by molar-refractivity contribution is 0.138. The van der Waals surface area contributed by atoms with Gasteiger partial charge in [0.2, 0.25) is 0 Å². The molecule has 0 aromatic heterocycles. The molecule has 0 radical (unpaired) electrons. The lowest BCUT2D eigenvalue weighted by atomic mass is 9.88. The van der Waals surface area contributed by atoms with Crippen molar-refractivity contribution < 1.29 is 5.11 Å². The van der Waals surface area contributed by atoms with Crippen molar-refractivity contribution in [3.63, 3.8) is 0 Å². The van der Waals surface area contributed by atoms with Gasteiger partial charge in [0, 0.05) is 23.5 Å². The molecule has 4 rings (SSSR count). The van der Waals surface area contributed by atoms with Gasteiger partial charge in [-0.05, 0) is 131 Å². The summed E-state index contributed by atoms with van der Waals surface area (Å²) < 4.78 is 2.12. The Morgan fingerprint density at radius 2 is 1.67 bits per heavy atom. The molecule has 0 amide bonds. The van der Waals surface area contributed by atoms with Crippen LogP contribution in [0.25, 0.3) is 17.2 Å². The number of rotatable bonds is 12. The Balaban J connectivity index is 0.000000730. The van der Waals surface area contributed by atoms with E-state index in [1.165, 1.54) is 57.5 Å². The molecule has 0 spiro atoms. The van der Waals surface area contributed by atoms with Crippen LogP contribution in [-0.2, 0) is 12.8 Å². The molecule has 0 bridgehead atoms. The molecular weight excluding hydrogens is 532 g/mol. The third-order valence-electron chi connectivity index (χ3n) is 7.53. The summed E-state index contributed by atoms with van der Waals surface area (Å²) in [7, 11) is 2.04. The highest BCUT2D eigenvalue weighted by Crippen LogP contribution is 2.32. The van der Waals surface area contributed by atoms with Crippen LogP contribution in [0.15, 0.2) is 95.4 Å². The van der Waals surface area contributed by atoms with E-state index in [-0.39, 0.29) is 5.54 Å². The predicted octanol–water partition coefficient (Wildman–Crippen LogP) is 9.22. The normalized spacial score (nSPS) is 14.0. The standard InChI is InChI=1S/C32H40N2OS.C6H12/c1-5-9-24-10-8-13-27(18-24)26-14-16-31(17-15-26)36-34(4)23-30(35)22-33-32(2,3)21-25-19-28-11-6-7-12-29(28)20-25;1-4-5-6(2)3/h5-18,25,30,33,35H,19-23H2,1-4H3;5H,4H2,1-3H3/b9-5+;. The second kappa shape index (κ2) is 16.9. The molecule has 0 saturated heterocycles. The monoisotopic (exact) mass is 584 g/mol. The van der Waals surface area contributed by atoms with Gasteiger partial charge in [0.15, 0.2) is 0 Å². The first-order chi connectivity index (χ1) is 20.1. The number of hydrogen-bond donors (Lipinski definition) is 2. The van der Waals surface area contributed by atoms with Crippen LogP contribution >= 0.6 is 11.9 Å². The maximum atomic E-state index is 10.7. The van der Waals surface area contributed by atoms with Crippen molar-refractivity contribution in [1.82, 2.24) is 9.62 Å². The van der Waals surface area contributed by atoms with Gasteiger partial charge in [-0.25, -0.2) is 4.31 Å². The summed E-state index contributed by atoms with van der Waals surface area (Å²) in [6, 6.07) is 26.1. The first-order valence-electron chi connectivity index (χ1n) is 15.4. The van der Waals surface area contributed by atoms with Crippen molar-refractivity contribution in [1.29, 1.82) is 0 Å². The maximum Gasteiger partial charge on any atom is 0.0800 e. The number of aliphatic hydroxyl groups is 1. The van der Waals surface area contributed by atoms with Crippen molar-refractivity contribution in [2.75, 3.05) is 20.1 Å². The molecule has 0 heterocycles. The summed E-state index contributed by atoms with van der Waals surface area (Å²) >= 11 is 1.67. The average Bonchev–Trinajstić information content (AvgIpc) is 3.34. The summed E-state index contributed by atoms with van der Waals surface area (Å²) in [5.41, 5.74) is 8.08. The minimum absolute atomic E-state index is 0.000537. The third-order valence-corrected chi connectivity index (χ3v) is 8.47. The Labute approximate surface area is 260 Å². The van der Waals surface area contributed by atoms with Crippen LogP contribution in [0.1, 0.15) is 71.1 Å². The fourth-order valence-electron chi connectivity index (χ4n) is 5.69. The average molecular weight is 585 g/mol. The smallest absolute Gasteiger partial charge is 0.0800 e. The largest absolute Gasteiger partial charge is 0.390 e. The fraction of sp³-hybridized carbons (Fsp3) is 0.421. The minimum Gasteiger partial charge on any atom is -0.390 e. The number of fused-ring (bicyclic) bond motifs is 1. The molecule has 0 aliphatic heterocycles. The number of benzene rings is 3. The number of likely N-dealkylation sites (N-methyl/N-ethyl adjacent to an activating group) is 1. The van der Waals surface area contributed by atoms with Gasteiger partial charge in [0.1, 0.15) is 0 Å². The molecule has 0 fully saturated rings. The van der Waals surface area contributed by atoms with E-state index in [2.05, 4.69) is 135 Å². The van der Waals surface area contributed by atoms with Crippen LogP contribution in [0.4, 0.5) is 0 Å². The van der Waals surface area contributed by atoms with E-state index in [1.807, 2.05) is 14.0 Å². The summed E-state index contributed by atoms with van der Waals surface area (Å²) in [5, 5.41) is 14.3. The molecule has 42 heavy (non-hydrogen) atoms.